The fourth-order valence-corrected chi connectivity index (χ4v) is 3.14. The van der Waals surface area contributed by atoms with E-state index >= 15 is 0 Å². The van der Waals surface area contributed by atoms with Crippen LogP contribution in [0.4, 0.5) is 5.69 Å². The average Bonchev–Trinajstić information content (AvgIpc) is 2.57. The number of nitro benzene ring substituents is 1. The highest BCUT2D eigenvalue weighted by Gasteiger charge is 2.25. The van der Waals surface area contributed by atoms with Gasteiger partial charge >= 0.3 is 0 Å². The molecule has 0 spiro atoms. The normalized spacial score (nSPS) is 16.9. The highest BCUT2D eigenvalue weighted by molar-refractivity contribution is 5.45. The van der Waals surface area contributed by atoms with Crippen molar-refractivity contribution >= 4 is 5.69 Å². The maximum atomic E-state index is 11.1. The highest BCUT2D eigenvalue weighted by Crippen LogP contribution is 2.31. The van der Waals surface area contributed by atoms with Crippen molar-refractivity contribution < 1.29 is 9.66 Å². The summed E-state index contributed by atoms with van der Waals surface area (Å²) in [6.45, 7) is 4.94. The number of aryl methyl sites for hydroxylation is 1. The van der Waals surface area contributed by atoms with E-state index < -0.39 is 0 Å². The molecule has 1 atom stereocenters. The molecule has 23 heavy (non-hydrogen) atoms. The Balaban J connectivity index is 2.01. The number of morpholine rings is 1. The lowest BCUT2D eigenvalue weighted by Crippen LogP contribution is -2.39. The van der Waals surface area contributed by atoms with Gasteiger partial charge in [-0.05, 0) is 24.1 Å². The number of hydrogen-bond donors (Lipinski definition) is 0. The van der Waals surface area contributed by atoms with Gasteiger partial charge in [0.15, 0.2) is 0 Å². The summed E-state index contributed by atoms with van der Waals surface area (Å²) in [4.78, 5) is 13.1. The van der Waals surface area contributed by atoms with Crippen molar-refractivity contribution in [2.45, 2.75) is 13.0 Å². The Labute approximate surface area is 135 Å². The van der Waals surface area contributed by atoms with Crippen molar-refractivity contribution in [2.75, 3.05) is 26.3 Å². The molecule has 1 unspecified atom stereocenters. The van der Waals surface area contributed by atoms with Crippen molar-refractivity contribution in [1.82, 2.24) is 4.90 Å². The number of ether oxygens (including phenoxy) is 1. The number of nitro groups is 1. The second-order valence-corrected chi connectivity index (χ2v) is 5.76. The predicted octanol–water partition coefficient (Wildman–Crippen LogP) is 3.32. The van der Waals surface area contributed by atoms with Gasteiger partial charge in [0.2, 0.25) is 0 Å². The summed E-state index contributed by atoms with van der Waals surface area (Å²) in [5.74, 6) is 0. The first-order valence-electron chi connectivity index (χ1n) is 7.78. The number of hydrogen-bond acceptors (Lipinski definition) is 4. The van der Waals surface area contributed by atoms with E-state index in [-0.39, 0.29) is 16.7 Å². The number of rotatable bonds is 4. The smallest absolute Gasteiger partial charge is 0.272 e. The SMILES string of the molecule is Cc1cc(C(c2ccccc2)N2CCOCC2)ccc1[N+](=O)[O-]. The third-order valence-corrected chi connectivity index (χ3v) is 4.26. The van der Waals surface area contributed by atoms with Gasteiger partial charge < -0.3 is 4.74 Å². The number of benzene rings is 2. The Kier molecular flexibility index (Phi) is 4.69. The molecule has 120 valence electrons. The van der Waals surface area contributed by atoms with Crippen LogP contribution in [0.25, 0.3) is 0 Å². The zero-order valence-electron chi connectivity index (χ0n) is 13.1. The molecule has 2 aromatic carbocycles. The molecule has 0 amide bonds. The Morgan fingerprint density at radius 2 is 1.78 bits per heavy atom. The van der Waals surface area contributed by atoms with Crippen molar-refractivity contribution in [2.24, 2.45) is 0 Å². The Bertz CT molecular complexity index is 682. The van der Waals surface area contributed by atoms with E-state index in [9.17, 15) is 10.1 Å². The summed E-state index contributed by atoms with van der Waals surface area (Å²) < 4.78 is 5.46. The Hall–Kier alpha value is -2.24. The van der Waals surface area contributed by atoms with E-state index in [1.165, 1.54) is 5.56 Å². The van der Waals surface area contributed by atoms with Crippen molar-refractivity contribution in [3.8, 4) is 0 Å². The minimum atomic E-state index is -0.328. The van der Waals surface area contributed by atoms with E-state index in [2.05, 4.69) is 17.0 Å². The van der Waals surface area contributed by atoms with Crippen LogP contribution < -0.4 is 0 Å². The quantitative estimate of drug-likeness (QED) is 0.642. The standard InChI is InChI=1S/C18H20N2O3/c1-14-13-16(7-8-17(14)20(21)22)18(15-5-3-2-4-6-15)19-9-11-23-12-10-19/h2-8,13,18H,9-12H2,1H3. The van der Waals surface area contributed by atoms with Gasteiger partial charge in [-0.15, -0.1) is 0 Å². The fourth-order valence-electron chi connectivity index (χ4n) is 3.14. The van der Waals surface area contributed by atoms with E-state index in [4.69, 9.17) is 4.74 Å². The van der Waals surface area contributed by atoms with Gasteiger partial charge in [-0.3, -0.25) is 15.0 Å². The van der Waals surface area contributed by atoms with Gasteiger partial charge in [-0.25, -0.2) is 0 Å². The molecule has 5 heteroatoms. The summed E-state index contributed by atoms with van der Waals surface area (Å²) in [5.41, 5.74) is 3.15. The molecule has 0 N–H and O–H groups in total. The second kappa shape index (κ2) is 6.89. The highest BCUT2D eigenvalue weighted by atomic mass is 16.6. The van der Waals surface area contributed by atoms with Gasteiger partial charge in [0, 0.05) is 24.7 Å². The van der Waals surface area contributed by atoms with Gasteiger partial charge in [0.1, 0.15) is 0 Å². The minimum absolute atomic E-state index is 0.0969. The maximum absolute atomic E-state index is 11.1. The lowest BCUT2D eigenvalue weighted by Gasteiger charge is -2.35. The summed E-state index contributed by atoms with van der Waals surface area (Å²) in [5, 5.41) is 11.1. The molecule has 0 aliphatic carbocycles. The molecule has 2 aromatic rings. The van der Waals surface area contributed by atoms with Crippen molar-refractivity contribution in [3.63, 3.8) is 0 Å². The lowest BCUT2D eigenvalue weighted by atomic mass is 9.95. The summed E-state index contributed by atoms with van der Waals surface area (Å²) >= 11 is 0. The Morgan fingerprint density at radius 1 is 1.09 bits per heavy atom. The topological polar surface area (TPSA) is 55.6 Å². The van der Waals surface area contributed by atoms with Gasteiger partial charge in [-0.2, -0.15) is 0 Å². The summed E-state index contributed by atoms with van der Waals surface area (Å²) in [6.07, 6.45) is 0. The van der Waals surface area contributed by atoms with E-state index in [1.807, 2.05) is 30.3 Å². The second-order valence-electron chi connectivity index (χ2n) is 5.76. The molecule has 1 heterocycles. The average molecular weight is 312 g/mol. The fraction of sp³-hybridized carbons (Fsp3) is 0.333. The zero-order valence-corrected chi connectivity index (χ0v) is 13.1. The molecule has 0 bridgehead atoms. The molecule has 0 saturated carbocycles. The van der Waals surface area contributed by atoms with Gasteiger partial charge in [0.25, 0.3) is 5.69 Å². The molecule has 5 nitrogen and oxygen atoms in total. The van der Waals surface area contributed by atoms with E-state index in [0.717, 1.165) is 31.9 Å². The van der Waals surface area contributed by atoms with Crippen LogP contribution in [0.2, 0.25) is 0 Å². The monoisotopic (exact) mass is 312 g/mol. The van der Waals surface area contributed by atoms with Crippen LogP contribution in [0.5, 0.6) is 0 Å². The maximum Gasteiger partial charge on any atom is 0.272 e. The van der Waals surface area contributed by atoms with E-state index in [1.54, 1.807) is 13.0 Å². The molecule has 1 saturated heterocycles. The first kappa shape index (κ1) is 15.6. The van der Waals surface area contributed by atoms with Crippen LogP contribution in [0.3, 0.4) is 0 Å². The van der Waals surface area contributed by atoms with Crippen LogP contribution in [0, 0.1) is 17.0 Å². The molecular formula is C18H20N2O3. The zero-order chi connectivity index (χ0) is 16.2. The third kappa shape index (κ3) is 3.41. The van der Waals surface area contributed by atoms with Crippen molar-refractivity contribution in [1.29, 1.82) is 0 Å². The molecule has 1 aliphatic rings. The molecule has 0 aromatic heterocycles. The first-order valence-corrected chi connectivity index (χ1v) is 7.78. The molecule has 3 rings (SSSR count). The van der Waals surface area contributed by atoms with Gasteiger partial charge in [0.05, 0.1) is 24.2 Å². The largest absolute Gasteiger partial charge is 0.379 e. The number of nitrogens with zero attached hydrogens (tertiary/aromatic N) is 2. The molecule has 1 fully saturated rings. The van der Waals surface area contributed by atoms with Crippen molar-refractivity contribution in [3.05, 3.63) is 75.3 Å². The minimum Gasteiger partial charge on any atom is -0.379 e. The predicted molar refractivity (Wildman–Crippen MR) is 88.5 cm³/mol. The summed E-state index contributed by atoms with van der Waals surface area (Å²) in [7, 11) is 0. The van der Waals surface area contributed by atoms with Crippen LogP contribution in [-0.2, 0) is 4.74 Å². The van der Waals surface area contributed by atoms with Crippen LogP contribution in [-0.4, -0.2) is 36.1 Å². The molecule has 0 radical (unpaired) electrons. The van der Waals surface area contributed by atoms with Crippen LogP contribution in [0.1, 0.15) is 22.7 Å². The van der Waals surface area contributed by atoms with Crippen LogP contribution in [0.15, 0.2) is 48.5 Å². The van der Waals surface area contributed by atoms with Gasteiger partial charge in [-0.1, -0.05) is 36.4 Å². The first-order chi connectivity index (χ1) is 11.2. The molecular weight excluding hydrogens is 292 g/mol. The van der Waals surface area contributed by atoms with Crippen LogP contribution >= 0.6 is 0 Å². The lowest BCUT2D eigenvalue weighted by molar-refractivity contribution is -0.385. The Morgan fingerprint density at radius 3 is 2.39 bits per heavy atom. The molecule has 1 aliphatic heterocycles. The third-order valence-electron chi connectivity index (χ3n) is 4.26. The summed E-state index contributed by atoms with van der Waals surface area (Å²) in [6, 6.07) is 15.8. The van der Waals surface area contributed by atoms with E-state index in [0.29, 0.717) is 5.56 Å².